The molecular formula is C27H25NO11. The molecule has 1 heterocycles. The van der Waals surface area contributed by atoms with Crippen molar-refractivity contribution in [1.29, 1.82) is 0 Å². The van der Waals surface area contributed by atoms with Crippen LogP contribution in [0.15, 0.2) is 48.5 Å². The Morgan fingerprint density at radius 1 is 0.974 bits per heavy atom. The molecular weight excluding hydrogens is 514 g/mol. The van der Waals surface area contributed by atoms with Crippen LogP contribution < -0.4 is 14.8 Å². The van der Waals surface area contributed by atoms with Crippen molar-refractivity contribution in [1.82, 2.24) is 5.32 Å². The molecule has 1 N–H and O–H groups in total. The molecule has 2 aliphatic rings. The van der Waals surface area contributed by atoms with Crippen LogP contribution in [-0.4, -0.2) is 68.5 Å². The molecule has 1 amide bonds. The molecule has 1 aliphatic carbocycles. The number of amides is 1. The molecule has 2 aromatic carbocycles. The third-order valence-corrected chi connectivity index (χ3v) is 6.63. The maximum absolute atomic E-state index is 14.2. The molecule has 0 radical (unpaired) electrons. The van der Waals surface area contributed by atoms with Gasteiger partial charge in [-0.15, -0.1) is 0 Å². The van der Waals surface area contributed by atoms with Crippen LogP contribution in [0.4, 0.5) is 0 Å². The Morgan fingerprint density at radius 2 is 1.64 bits per heavy atom. The summed E-state index contributed by atoms with van der Waals surface area (Å²) in [6.45, 7) is 1.26. The lowest BCUT2D eigenvalue weighted by Crippen LogP contribution is -2.64. The van der Waals surface area contributed by atoms with Gasteiger partial charge in [0.1, 0.15) is 17.4 Å². The highest BCUT2D eigenvalue weighted by Crippen LogP contribution is 2.47. The van der Waals surface area contributed by atoms with E-state index in [1.54, 1.807) is 18.2 Å². The highest BCUT2D eigenvalue weighted by Gasteiger charge is 2.71. The Labute approximate surface area is 222 Å². The molecule has 12 nitrogen and oxygen atoms in total. The Morgan fingerprint density at radius 3 is 2.28 bits per heavy atom. The van der Waals surface area contributed by atoms with E-state index >= 15 is 0 Å². The van der Waals surface area contributed by atoms with Crippen LogP contribution >= 0.6 is 0 Å². The summed E-state index contributed by atoms with van der Waals surface area (Å²) in [6.07, 6.45) is 0. The number of hydrogen-bond acceptors (Lipinski definition) is 11. The van der Waals surface area contributed by atoms with Crippen LogP contribution in [-0.2, 0) is 38.2 Å². The van der Waals surface area contributed by atoms with Gasteiger partial charge in [0.15, 0.2) is 29.0 Å². The molecule has 0 aromatic heterocycles. The van der Waals surface area contributed by atoms with Crippen LogP contribution in [0.5, 0.6) is 11.5 Å². The number of ether oxygens (including phenoxy) is 5. The number of ketones is 2. The van der Waals surface area contributed by atoms with Crippen molar-refractivity contribution >= 4 is 35.4 Å². The first-order valence-electron chi connectivity index (χ1n) is 11.9. The average molecular weight is 539 g/mol. The molecule has 0 unspecified atom stereocenters. The van der Waals surface area contributed by atoms with Gasteiger partial charge >= 0.3 is 17.9 Å². The third kappa shape index (κ3) is 4.58. The fourth-order valence-corrected chi connectivity index (χ4v) is 4.93. The molecule has 1 saturated carbocycles. The molecule has 39 heavy (non-hydrogen) atoms. The van der Waals surface area contributed by atoms with Crippen LogP contribution in [0.2, 0.25) is 0 Å². The SMILES string of the molecule is CCOC(=O)[C@@H](c1ccc2c(c1)OCO2)[C@]1(NC(=O)c2ccccc2)C(=O)[C@@H](C(=O)OC)C(=O)[C@H]1C(=O)OC. The highest BCUT2D eigenvalue weighted by atomic mass is 16.7. The number of fused-ring (bicyclic) bond motifs is 1. The zero-order valence-corrected chi connectivity index (χ0v) is 21.3. The van der Waals surface area contributed by atoms with Crippen molar-refractivity contribution in [2.75, 3.05) is 27.6 Å². The van der Waals surface area contributed by atoms with Crippen LogP contribution in [0, 0.1) is 11.8 Å². The van der Waals surface area contributed by atoms with E-state index in [0.29, 0.717) is 5.75 Å². The average Bonchev–Trinajstić information content (AvgIpc) is 3.49. The second-order valence-corrected chi connectivity index (χ2v) is 8.67. The molecule has 0 saturated heterocycles. The van der Waals surface area contributed by atoms with Crippen molar-refractivity contribution in [2.45, 2.75) is 18.4 Å². The molecule has 0 bridgehead atoms. The number of rotatable bonds is 8. The van der Waals surface area contributed by atoms with Gasteiger partial charge in [-0.1, -0.05) is 24.3 Å². The number of methoxy groups -OCH3 is 2. The Kier molecular flexibility index (Phi) is 7.65. The van der Waals surface area contributed by atoms with Crippen molar-refractivity contribution in [3.05, 3.63) is 59.7 Å². The van der Waals surface area contributed by atoms with Gasteiger partial charge in [-0.3, -0.25) is 28.8 Å². The predicted molar refractivity (Wildman–Crippen MR) is 130 cm³/mol. The molecule has 0 spiro atoms. The minimum atomic E-state index is -2.64. The van der Waals surface area contributed by atoms with E-state index in [9.17, 15) is 28.8 Å². The molecule has 1 aliphatic heterocycles. The summed E-state index contributed by atoms with van der Waals surface area (Å²) in [5.41, 5.74) is -2.54. The zero-order chi connectivity index (χ0) is 28.3. The van der Waals surface area contributed by atoms with Crippen LogP contribution in [0.3, 0.4) is 0 Å². The maximum atomic E-state index is 14.2. The lowest BCUT2D eigenvalue weighted by atomic mass is 9.71. The zero-order valence-electron chi connectivity index (χ0n) is 21.3. The maximum Gasteiger partial charge on any atom is 0.323 e. The number of carbonyl (C=O) groups excluding carboxylic acids is 6. The largest absolute Gasteiger partial charge is 0.468 e. The normalized spacial score (nSPS) is 22.1. The van der Waals surface area contributed by atoms with Gasteiger partial charge in [-0.05, 0) is 36.8 Å². The minimum absolute atomic E-state index is 0.0478. The molecule has 4 atom stereocenters. The van der Waals surface area contributed by atoms with E-state index < -0.39 is 58.7 Å². The summed E-state index contributed by atoms with van der Waals surface area (Å²) in [4.78, 5) is 80.8. The Bertz CT molecular complexity index is 1340. The number of nitrogens with one attached hydrogen (secondary N) is 1. The number of benzene rings is 2. The van der Waals surface area contributed by atoms with E-state index in [2.05, 4.69) is 10.1 Å². The van der Waals surface area contributed by atoms with E-state index in [0.717, 1.165) is 14.2 Å². The van der Waals surface area contributed by atoms with Gasteiger partial charge in [0, 0.05) is 5.56 Å². The van der Waals surface area contributed by atoms with Crippen LogP contribution in [0.1, 0.15) is 28.8 Å². The number of hydrogen-bond donors (Lipinski definition) is 1. The second-order valence-electron chi connectivity index (χ2n) is 8.67. The summed E-state index contributed by atoms with van der Waals surface area (Å²) >= 11 is 0. The Hall–Kier alpha value is -4.74. The number of carbonyl (C=O) groups is 6. The van der Waals surface area contributed by atoms with Gasteiger partial charge < -0.3 is 29.0 Å². The first-order chi connectivity index (χ1) is 18.7. The van der Waals surface area contributed by atoms with Gasteiger partial charge in [-0.25, -0.2) is 0 Å². The lowest BCUT2D eigenvalue weighted by molar-refractivity contribution is -0.156. The second kappa shape index (κ2) is 10.9. The first kappa shape index (κ1) is 27.3. The fraction of sp³-hybridized carbons (Fsp3) is 0.333. The molecule has 4 rings (SSSR count). The predicted octanol–water partition coefficient (Wildman–Crippen LogP) is 0.961. The molecule has 1 fully saturated rings. The summed E-state index contributed by atoms with van der Waals surface area (Å²) in [7, 11) is 1.93. The van der Waals surface area contributed by atoms with E-state index in [-0.39, 0.29) is 30.3 Å². The summed E-state index contributed by atoms with van der Waals surface area (Å²) in [5.74, 6) is -12.3. The number of esters is 3. The minimum Gasteiger partial charge on any atom is -0.468 e. The van der Waals surface area contributed by atoms with Crippen molar-refractivity contribution in [3.8, 4) is 11.5 Å². The van der Waals surface area contributed by atoms with Crippen molar-refractivity contribution in [3.63, 3.8) is 0 Å². The van der Waals surface area contributed by atoms with Gasteiger partial charge in [-0.2, -0.15) is 0 Å². The summed E-state index contributed by atoms with van der Waals surface area (Å²) in [6, 6.07) is 11.8. The fourth-order valence-electron chi connectivity index (χ4n) is 4.93. The smallest absolute Gasteiger partial charge is 0.323 e. The third-order valence-electron chi connectivity index (χ3n) is 6.63. The van der Waals surface area contributed by atoms with Crippen molar-refractivity contribution in [2.24, 2.45) is 11.8 Å². The van der Waals surface area contributed by atoms with E-state index in [1.807, 2.05) is 0 Å². The highest BCUT2D eigenvalue weighted by molar-refractivity contribution is 6.32. The van der Waals surface area contributed by atoms with Gasteiger partial charge in [0.05, 0.1) is 20.8 Å². The standard InChI is InChI=1S/C27H25NO11/c1-4-37-26(34)19(15-10-11-16-17(12-15)39-13-38-16)27(28-23(31)14-8-6-5-7-9-14)20(25(33)36-3)21(29)18(22(27)30)24(32)35-2/h5-12,18-20H,4,13H2,1-3H3,(H,28,31)/t18-,19+,20-,27+/m0/s1. The molecule has 12 heteroatoms. The molecule has 2 aromatic rings. The van der Waals surface area contributed by atoms with E-state index in [4.69, 9.17) is 18.9 Å². The Balaban J connectivity index is 2.02. The van der Waals surface area contributed by atoms with E-state index in [1.165, 1.54) is 37.3 Å². The lowest BCUT2D eigenvalue weighted by Gasteiger charge is -2.38. The monoisotopic (exact) mass is 539 g/mol. The molecule has 204 valence electrons. The van der Waals surface area contributed by atoms with Crippen molar-refractivity contribution < 1.29 is 52.5 Å². The summed E-state index contributed by atoms with van der Waals surface area (Å²) in [5, 5.41) is 2.48. The topological polar surface area (TPSA) is 161 Å². The van der Waals surface area contributed by atoms with Crippen LogP contribution in [0.25, 0.3) is 0 Å². The quantitative estimate of drug-likeness (QED) is 0.289. The van der Waals surface area contributed by atoms with Gasteiger partial charge in [0.25, 0.3) is 5.91 Å². The van der Waals surface area contributed by atoms with Gasteiger partial charge in [0.2, 0.25) is 6.79 Å². The summed E-state index contributed by atoms with van der Waals surface area (Å²) < 4.78 is 25.5. The first-order valence-corrected chi connectivity index (χ1v) is 11.9. The number of Topliss-reactive ketones (excluding diaryl/α,β-unsaturated/α-hetero) is 2.